The average molecular weight is 304 g/mol. The summed E-state index contributed by atoms with van der Waals surface area (Å²) < 4.78 is 5.69. The summed E-state index contributed by atoms with van der Waals surface area (Å²) in [5, 5.41) is 0. The average Bonchev–Trinajstić information content (AvgIpc) is 2.55. The summed E-state index contributed by atoms with van der Waals surface area (Å²) in [6, 6.07) is 9.96. The largest absolute Gasteiger partial charge is 0.494 e. The zero-order valence-corrected chi connectivity index (χ0v) is 13.7. The molecule has 1 saturated heterocycles. The van der Waals surface area contributed by atoms with Gasteiger partial charge in [-0.25, -0.2) is 0 Å². The third kappa shape index (κ3) is 4.47. The maximum atomic E-state index is 12.7. The van der Waals surface area contributed by atoms with Crippen molar-refractivity contribution >= 4 is 5.91 Å². The van der Waals surface area contributed by atoms with Crippen molar-refractivity contribution in [1.82, 2.24) is 4.90 Å². The molecule has 1 aromatic carbocycles. The number of rotatable bonds is 6. The number of hydrogen-bond donors (Lipinski definition) is 1. The van der Waals surface area contributed by atoms with Crippen molar-refractivity contribution in [2.45, 2.75) is 51.6 Å². The summed E-state index contributed by atoms with van der Waals surface area (Å²) in [5.41, 5.74) is 6.05. The molecule has 3 atom stereocenters. The molecule has 1 heterocycles. The number of benzene rings is 1. The van der Waals surface area contributed by atoms with Crippen molar-refractivity contribution in [2.75, 3.05) is 13.2 Å². The Morgan fingerprint density at radius 1 is 1.32 bits per heavy atom. The normalized spacial score (nSPS) is 21.2. The van der Waals surface area contributed by atoms with Crippen molar-refractivity contribution in [2.24, 2.45) is 11.7 Å². The van der Waals surface area contributed by atoms with Crippen LogP contribution in [0.2, 0.25) is 0 Å². The van der Waals surface area contributed by atoms with Gasteiger partial charge >= 0.3 is 0 Å². The van der Waals surface area contributed by atoms with E-state index in [4.69, 9.17) is 10.5 Å². The fourth-order valence-corrected chi connectivity index (χ4v) is 3.05. The minimum absolute atomic E-state index is 0.0249. The second-order valence-electron chi connectivity index (χ2n) is 6.31. The Morgan fingerprint density at radius 3 is 2.73 bits per heavy atom. The van der Waals surface area contributed by atoms with Crippen LogP contribution in [0.15, 0.2) is 30.3 Å². The van der Waals surface area contributed by atoms with Gasteiger partial charge in [0.15, 0.2) is 0 Å². The summed E-state index contributed by atoms with van der Waals surface area (Å²) in [6.45, 7) is 5.39. The first kappa shape index (κ1) is 16.8. The highest BCUT2D eigenvalue weighted by Gasteiger charge is 2.31. The van der Waals surface area contributed by atoms with Crippen molar-refractivity contribution in [1.29, 1.82) is 0 Å². The lowest BCUT2D eigenvalue weighted by molar-refractivity contribution is -0.139. The molecule has 0 aliphatic carbocycles. The molecule has 0 spiro atoms. The van der Waals surface area contributed by atoms with E-state index >= 15 is 0 Å². The molecule has 0 aromatic heterocycles. The van der Waals surface area contributed by atoms with Crippen molar-refractivity contribution in [3.05, 3.63) is 30.3 Å². The van der Waals surface area contributed by atoms with Crippen LogP contribution in [0, 0.1) is 5.92 Å². The minimum Gasteiger partial charge on any atom is -0.494 e. The summed E-state index contributed by atoms with van der Waals surface area (Å²) in [6.07, 6.45) is 4.01. The van der Waals surface area contributed by atoms with E-state index in [1.807, 2.05) is 49.1 Å². The summed E-state index contributed by atoms with van der Waals surface area (Å²) in [5.74, 6) is 1.05. The topological polar surface area (TPSA) is 55.6 Å². The molecule has 0 bridgehead atoms. The van der Waals surface area contributed by atoms with Gasteiger partial charge in [-0.3, -0.25) is 4.79 Å². The molecule has 4 nitrogen and oxygen atoms in total. The molecule has 2 N–H and O–H groups in total. The van der Waals surface area contributed by atoms with Gasteiger partial charge in [-0.2, -0.15) is 0 Å². The number of nitrogens with zero attached hydrogens (tertiary/aromatic N) is 1. The molecule has 0 saturated carbocycles. The van der Waals surface area contributed by atoms with Gasteiger partial charge in [-0.15, -0.1) is 0 Å². The van der Waals surface area contributed by atoms with Crippen LogP contribution in [0.3, 0.4) is 0 Å². The van der Waals surface area contributed by atoms with E-state index in [9.17, 15) is 4.79 Å². The second kappa shape index (κ2) is 8.18. The van der Waals surface area contributed by atoms with Gasteiger partial charge in [-0.05, 0) is 44.7 Å². The first-order valence-corrected chi connectivity index (χ1v) is 8.33. The SMILES string of the molecule is CC(CCOc1ccccc1)C(=O)N1CCCCC1C(C)N. The highest BCUT2D eigenvalue weighted by atomic mass is 16.5. The standard InChI is InChI=1S/C18H28N2O2/c1-14(11-13-22-16-8-4-3-5-9-16)18(21)20-12-7-6-10-17(20)15(2)19/h3-5,8-9,14-15,17H,6-7,10-13,19H2,1-2H3. The van der Waals surface area contributed by atoms with E-state index < -0.39 is 0 Å². The molecule has 1 aliphatic rings. The first-order chi connectivity index (χ1) is 10.6. The highest BCUT2D eigenvalue weighted by Crippen LogP contribution is 2.22. The van der Waals surface area contributed by atoms with E-state index in [1.54, 1.807) is 0 Å². The number of nitrogens with two attached hydrogens (primary N) is 1. The lowest BCUT2D eigenvalue weighted by atomic mass is 9.94. The number of carbonyl (C=O) groups is 1. The number of carbonyl (C=O) groups excluding carboxylic acids is 1. The fraction of sp³-hybridized carbons (Fsp3) is 0.611. The Morgan fingerprint density at radius 2 is 2.05 bits per heavy atom. The Kier molecular flexibility index (Phi) is 6.25. The van der Waals surface area contributed by atoms with Crippen LogP contribution < -0.4 is 10.5 Å². The molecule has 1 aromatic rings. The van der Waals surface area contributed by atoms with Gasteiger partial charge in [0, 0.05) is 24.5 Å². The number of piperidine rings is 1. The van der Waals surface area contributed by atoms with Crippen LogP contribution >= 0.6 is 0 Å². The molecule has 22 heavy (non-hydrogen) atoms. The quantitative estimate of drug-likeness (QED) is 0.879. The van der Waals surface area contributed by atoms with Crippen LogP contribution in [0.5, 0.6) is 5.75 Å². The minimum atomic E-state index is -0.0249. The third-order valence-electron chi connectivity index (χ3n) is 4.42. The molecular weight excluding hydrogens is 276 g/mol. The maximum Gasteiger partial charge on any atom is 0.225 e. The van der Waals surface area contributed by atoms with Crippen molar-refractivity contribution in [3.8, 4) is 5.75 Å². The zero-order valence-electron chi connectivity index (χ0n) is 13.7. The van der Waals surface area contributed by atoms with Crippen LogP contribution in [0.1, 0.15) is 39.5 Å². The first-order valence-electron chi connectivity index (χ1n) is 8.33. The smallest absolute Gasteiger partial charge is 0.225 e. The van der Waals surface area contributed by atoms with Crippen LogP contribution in [0.25, 0.3) is 0 Å². The fourth-order valence-electron chi connectivity index (χ4n) is 3.05. The molecule has 0 radical (unpaired) electrons. The molecule has 2 rings (SSSR count). The van der Waals surface area contributed by atoms with Gasteiger partial charge in [0.2, 0.25) is 5.91 Å². The van der Waals surface area contributed by atoms with E-state index in [0.717, 1.165) is 31.6 Å². The summed E-state index contributed by atoms with van der Waals surface area (Å²) in [7, 11) is 0. The van der Waals surface area contributed by atoms with Crippen LogP contribution in [-0.4, -0.2) is 36.0 Å². The van der Waals surface area contributed by atoms with Gasteiger partial charge in [0.1, 0.15) is 5.75 Å². The molecule has 122 valence electrons. The Balaban J connectivity index is 1.83. The van der Waals surface area contributed by atoms with E-state index in [2.05, 4.69) is 0 Å². The van der Waals surface area contributed by atoms with Crippen molar-refractivity contribution < 1.29 is 9.53 Å². The number of para-hydroxylation sites is 1. The van der Waals surface area contributed by atoms with E-state index in [-0.39, 0.29) is 23.9 Å². The Bertz CT molecular complexity index is 461. The predicted octanol–water partition coefficient (Wildman–Crippen LogP) is 2.82. The van der Waals surface area contributed by atoms with Crippen molar-refractivity contribution in [3.63, 3.8) is 0 Å². The Hall–Kier alpha value is -1.55. The van der Waals surface area contributed by atoms with E-state index in [0.29, 0.717) is 6.61 Å². The molecule has 1 amide bonds. The number of likely N-dealkylation sites (tertiary alicyclic amines) is 1. The van der Waals surface area contributed by atoms with Gasteiger partial charge in [-0.1, -0.05) is 25.1 Å². The monoisotopic (exact) mass is 304 g/mol. The van der Waals surface area contributed by atoms with Crippen LogP contribution in [0.4, 0.5) is 0 Å². The lowest BCUT2D eigenvalue weighted by Crippen LogP contribution is -2.53. The third-order valence-corrected chi connectivity index (χ3v) is 4.42. The molecule has 1 fully saturated rings. The number of hydrogen-bond acceptors (Lipinski definition) is 3. The number of ether oxygens (including phenoxy) is 1. The van der Waals surface area contributed by atoms with Gasteiger partial charge in [0.05, 0.1) is 6.61 Å². The summed E-state index contributed by atoms with van der Waals surface area (Å²) in [4.78, 5) is 14.7. The molecule has 3 unspecified atom stereocenters. The van der Waals surface area contributed by atoms with Gasteiger partial charge in [0.25, 0.3) is 0 Å². The van der Waals surface area contributed by atoms with Crippen LogP contribution in [-0.2, 0) is 4.79 Å². The van der Waals surface area contributed by atoms with Gasteiger partial charge < -0.3 is 15.4 Å². The molecule has 1 aliphatic heterocycles. The Labute approximate surface area is 133 Å². The van der Waals surface area contributed by atoms with E-state index in [1.165, 1.54) is 6.42 Å². The number of amides is 1. The predicted molar refractivity (Wildman–Crippen MR) is 88.7 cm³/mol. The molecular formula is C18H28N2O2. The highest BCUT2D eigenvalue weighted by molar-refractivity contribution is 5.79. The lowest BCUT2D eigenvalue weighted by Gasteiger charge is -2.39. The second-order valence-corrected chi connectivity index (χ2v) is 6.31. The summed E-state index contributed by atoms with van der Waals surface area (Å²) >= 11 is 0. The molecule has 4 heteroatoms. The maximum absolute atomic E-state index is 12.7. The zero-order chi connectivity index (χ0) is 15.9.